The van der Waals surface area contributed by atoms with Crippen LogP contribution in [0.5, 0.6) is 0 Å². The first-order valence-electron chi connectivity index (χ1n) is 10.4. The van der Waals surface area contributed by atoms with Crippen molar-refractivity contribution in [2.24, 2.45) is 11.7 Å². The number of hydrogen-bond donors (Lipinski definition) is 3. The van der Waals surface area contributed by atoms with Gasteiger partial charge >= 0.3 is 0 Å². The van der Waals surface area contributed by atoms with Crippen LogP contribution in [0.1, 0.15) is 73.0 Å². The molecule has 6 heteroatoms. The highest BCUT2D eigenvalue weighted by Crippen LogP contribution is 2.32. The Morgan fingerprint density at radius 1 is 1.14 bits per heavy atom. The average molecular weight is 380 g/mol. The van der Waals surface area contributed by atoms with Gasteiger partial charge in [0.1, 0.15) is 5.82 Å². The highest BCUT2D eigenvalue weighted by atomic mass is 16.1. The van der Waals surface area contributed by atoms with Crippen LogP contribution in [0.3, 0.4) is 0 Å². The van der Waals surface area contributed by atoms with E-state index in [-0.39, 0.29) is 6.04 Å². The topological polar surface area (TPSA) is 92.9 Å². The molecule has 0 bridgehead atoms. The first-order valence-corrected chi connectivity index (χ1v) is 10.4. The molecule has 0 spiro atoms. The molecule has 2 aliphatic rings. The molecule has 4 N–H and O–H groups in total. The van der Waals surface area contributed by atoms with Gasteiger partial charge in [0.05, 0.1) is 11.6 Å². The predicted octanol–water partition coefficient (Wildman–Crippen LogP) is 4.06. The zero-order chi connectivity index (χ0) is 19.5. The number of fused-ring (bicyclic) bond motifs is 1. The van der Waals surface area contributed by atoms with Gasteiger partial charge in [-0.25, -0.2) is 4.98 Å². The maximum atomic E-state index is 11.9. The molecule has 1 fully saturated rings. The fourth-order valence-corrected chi connectivity index (χ4v) is 4.56. The van der Waals surface area contributed by atoms with Crippen LogP contribution in [0, 0.1) is 5.92 Å². The number of carbonyl (C=O) groups excluding carboxylic acids is 1. The second-order valence-electron chi connectivity index (χ2n) is 8.22. The summed E-state index contributed by atoms with van der Waals surface area (Å²) in [5.74, 6) is 1.27. The van der Waals surface area contributed by atoms with Crippen LogP contribution >= 0.6 is 0 Å². The molecule has 0 unspecified atom stereocenters. The summed E-state index contributed by atoms with van der Waals surface area (Å²) in [5, 5.41) is 6.94. The molecule has 1 amide bonds. The minimum atomic E-state index is -0.499. The van der Waals surface area contributed by atoms with Gasteiger partial charge in [0.15, 0.2) is 0 Å². The molecule has 28 heavy (non-hydrogen) atoms. The lowest BCUT2D eigenvalue weighted by atomic mass is 9.87. The molecular weight excluding hydrogens is 350 g/mol. The Kier molecular flexibility index (Phi) is 5.46. The van der Waals surface area contributed by atoms with Crippen molar-refractivity contribution in [3.8, 4) is 0 Å². The molecule has 0 radical (unpaired) electrons. The molecular formula is C22H29N5O. The number of nitrogens with zero attached hydrogens (tertiary/aromatic N) is 2. The van der Waals surface area contributed by atoms with Crippen molar-refractivity contribution in [2.75, 3.05) is 10.6 Å². The van der Waals surface area contributed by atoms with Crippen molar-refractivity contribution >= 4 is 17.7 Å². The number of amides is 1. The highest BCUT2D eigenvalue weighted by molar-refractivity contribution is 5.97. The summed E-state index contributed by atoms with van der Waals surface area (Å²) in [6, 6.07) is 9.04. The van der Waals surface area contributed by atoms with Crippen LogP contribution in [0.4, 0.5) is 11.8 Å². The number of benzene rings is 1. The smallest absolute Gasteiger partial charge is 0.254 e. The maximum Gasteiger partial charge on any atom is 0.254 e. The van der Waals surface area contributed by atoms with Crippen molar-refractivity contribution in [2.45, 2.75) is 64.0 Å². The van der Waals surface area contributed by atoms with Gasteiger partial charge in [-0.05, 0) is 49.1 Å². The molecule has 0 saturated heterocycles. The van der Waals surface area contributed by atoms with E-state index in [2.05, 4.69) is 51.8 Å². The Balaban J connectivity index is 1.56. The Bertz CT molecular complexity index is 853. The molecule has 2 aliphatic carbocycles. The molecule has 2 aromatic rings. The third kappa shape index (κ3) is 4.11. The second-order valence-corrected chi connectivity index (χ2v) is 8.22. The number of anilines is 2. The Morgan fingerprint density at radius 3 is 2.82 bits per heavy atom. The van der Waals surface area contributed by atoms with E-state index in [4.69, 9.17) is 5.73 Å². The summed E-state index contributed by atoms with van der Waals surface area (Å²) < 4.78 is 0. The van der Waals surface area contributed by atoms with E-state index in [9.17, 15) is 4.79 Å². The quantitative estimate of drug-likeness (QED) is 0.728. The molecule has 1 saturated carbocycles. The Labute approximate surface area is 166 Å². The van der Waals surface area contributed by atoms with E-state index in [1.807, 2.05) is 0 Å². The van der Waals surface area contributed by atoms with E-state index in [0.717, 1.165) is 32.1 Å². The number of hydrogen-bond acceptors (Lipinski definition) is 5. The number of aryl methyl sites for hydroxylation is 1. The van der Waals surface area contributed by atoms with E-state index in [1.165, 1.54) is 24.0 Å². The predicted molar refractivity (Wildman–Crippen MR) is 111 cm³/mol. The van der Waals surface area contributed by atoms with Crippen molar-refractivity contribution in [1.29, 1.82) is 0 Å². The van der Waals surface area contributed by atoms with Crippen molar-refractivity contribution in [1.82, 2.24) is 9.97 Å². The third-order valence-corrected chi connectivity index (χ3v) is 6.00. The van der Waals surface area contributed by atoms with E-state index < -0.39 is 5.91 Å². The molecule has 0 aliphatic heterocycles. The maximum absolute atomic E-state index is 11.9. The Morgan fingerprint density at radius 2 is 2.00 bits per heavy atom. The zero-order valence-electron chi connectivity index (χ0n) is 16.4. The van der Waals surface area contributed by atoms with Gasteiger partial charge in [-0.3, -0.25) is 4.79 Å². The number of nitrogens with two attached hydrogens (primary N) is 1. The third-order valence-electron chi connectivity index (χ3n) is 6.00. The van der Waals surface area contributed by atoms with Gasteiger partial charge < -0.3 is 16.4 Å². The van der Waals surface area contributed by atoms with Crippen LogP contribution < -0.4 is 16.4 Å². The van der Waals surface area contributed by atoms with Gasteiger partial charge in [0.2, 0.25) is 5.95 Å². The number of carbonyl (C=O) groups is 1. The normalized spacial score (nSPS) is 24.2. The van der Waals surface area contributed by atoms with Crippen LogP contribution in [-0.4, -0.2) is 21.9 Å². The van der Waals surface area contributed by atoms with Crippen LogP contribution in [0.25, 0.3) is 0 Å². The number of nitrogens with one attached hydrogen (secondary N) is 2. The van der Waals surface area contributed by atoms with Crippen molar-refractivity contribution < 1.29 is 4.79 Å². The first kappa shape index (κ1) is 18.7. The molecule has 4 rings (SSSR count). The standard InChI is InChI=1S/C22H29N5O/c1-14-6-4-9-16(12-14)25-21-18(20(23)28)13-24-22(27-21)26-19-11-5-8-15-7-2-3-10-17(15)19/h2-3,7,10,13-14,16,19H,4-6,8-9,11-12H2,1H3,(H2,23,28)(H2,24,25,26,27)/t14-,16+,19+/m0/s1. The van der Waals surface area contributed by atoms with Gasteiger partial charge in [-0.1, -0.05) is 44.0 Å². The molecule has 1 aromatic heterocycles. The van der Waals surface area contributed by atoms with E-state index in [0.29, 0.717) is 29.3 Å². The summed E-state index contributed by atoms with van der Waals surface area (Å²) in [6.07, 6.45) is 9.47. The minimum Gasteiger partial charge on any atom is -0.366 e. The lowest BCUT2D eigenvalue weighted by molar-refractivity contribution is 0.100. The summed E-state index contributed by atoms with van der Waals surface area (Å²) in [6.45, 7) is 2.27. The molecule has 6 nitrogen and oxygen atoms in total. The molecule has 148 valence electrons. The number of primary amides is 1. The first-order chi connectivity index (χ1) is 13.6. The summed E-state index contributed by atoms with van der Waals surface area (Å²) in [4.78, 5) is 20.9. The fourth-order valence-electron chi connectivity index (χ4n) is 4.56. The number of rotatable bonds is 5. The average Bonchev–Trinajstić information content (AvgIpc) is 2.68. The second kappa shape index (κ2) is 8.17. The summed E-state index contributed by atoms with van der Waals surface area (Å²) in [5.41, 5.74) is 8.62. The fraction of sp³-hybridized carbons (Fsp3) is 0.500. The van der Waals surface area contributed by atoms with E-state index >= 15 is 0 Å². The monoisotopic (exact) mass is 379 g/mol. The van der Waals surface area contributed by atoms with E-state index in [1.54, 1.807) is 6.20 Å². The lowest BCUT2D eigenvalue weighted by Crippen LogP contribution is -2.29. The largest absolute Gasteiger partial charge is 0.366 e. The molecule has 1 heterocycles. The lowest BCUT2D eigenvalue weighted by Gasteiger charge is -2.29. The summed E-state index contributed by atoms with van der Waals surface area (Å²) >= 11 is 0. The minimum absolute atomic E-state index is 0.187. The van der Waals surface area contributed by atoms with Gasteiger partial charge in [-0.15, -0.1) is 0 Å². The zero-order valence-corrected chi connectivity index (χ0v) is 16.4. The highest BCUT2D eigenvalue weighted by Gasteiger charge is 2.23. The van der Waals surface area contributed by atoms with Crippen LogP contribution in [0.2, 0.25) is 0 Å². The van der Waals surface area contributed by atoms with Gasteiger partial charge in [0.25, 0.3) is 5.91 Å². The van der Waals surface area contributed by atoms with Crippen LogP contribution in [-0.2, 0) is 6.42 Å². The molecule has 1 aromatic carbocycles. The van der Waals surface area contributed by atoms with Gasteiger partial charge in [-0.2, -0.15) is 4.98 Å². The molecule has 3 atom stereocenters. The SMILES string of the molecule is C[C@H]1CCC[C@@H](Nc2nc(N[C@@H]3CCCc4ccccc43)ncc2C(N)=O)C1. The summed E-state index contributed by atoms with van der Waals surface area (Å²) in [7, 11) is 0. The van der Waals surface area contributed by atoms with Crippen LogP contribution in [0.15, 0.2) is 30.5 Å². The van der Waals surface area contributed by atoms with Crippen molar-refractivity contribution in [3.05, 3.63) is 47.2 Å². The van der Waals surface area contributed by atoms with Crippen molar-refractivity contribution in [3.63, 3.8) is 0 Å². The van der Waals surface area contributed by atoms with Gasteiger partial charge in [0, 0.05) is 12.2 Å². The number of aromatic nitrogens is 2. The Hall–Kier alpha value is -2.63.